The van der Waals surface area contributed by atoms with E-state index in [0.29, 0.717) is 5.82 Å². The van der Waals surface area contributed by atoms with E-state index < -0.39 is 5.97 Å². The third kappa shape index (κ3) is 2.60. The topological polar surface area (TPSA) is 75.1 Å². The van der Waals surface area contributed by atoms with E-state index in [1.807, 2.05) is 12.3 Å². The van der Waals surface area contributed by atoms with Gasteiger partial charge in [-0.1, -0.05) is 11.6 Å². The lowest BCUT2D eigenvalue weighted by molar-refractivity contribution is 0.0697. The van der Waals surface area contributed by atoms with Crippen LogP contribution in [-0.2, 0) is 0 Å². The van der Waals surface area contributed by atoms with Crippen LogP contribution in [0.1, 0.15) is 28.3 Å². The number of nitrogens with zero attached hydrogens (tertiary/aromatic N) is 2. The number of hydrogen-bond donors (Lipinski definition) is 2. The number of carboxylic acid groups (broad SMARTS) is 1. The SMILES string of the molecule is CC(Nc1nccc(C(=O)O)c1Cl)c1nccs1. The maximum absolute atomic E-state index is 10.9. The highest BCUT2D eigenvalue weighted by Crippen LogP contribution is 2.27. The summed E-state index contributed by atoms with van der Waals surface area (Å²) in [6, 6.07) is 1.28. The van der Waals surface area contributed by atoms with Gasteiger partial charge in [-0.2, -0.15) is 0 Å². The van der Waals surface area contributed by atoms with Crippen LogP contribution in [0.15, 0.2) is 23.8 Å². The molecular weight excluding hydrogens is 274 g/mol. The summed E-state index contributed by atoms with van der Waals surface area (Å²) in [7, 11) is 0. The van der Waals surface area contributed by atoms with Gasteiger partial charge in [0.25, 0.3) is 0 Å². The maximum atomic E-state index is 10.9. The average molecular weight is 284 g/mol. The molecule has 1 unspecified atom stereocenters. The number of carboxylic acids is 1. The summed E-state index contributed by atoms with van der Waals surface area (Å²) in [4.78, 5) is 19.1. The number of nitrogens with one attached hydrogen (secondary N) is 1. The predicted octanol–water partition coefficient (Wildman–Crippen LogP) is 3.06. The molecule has 0 saturated heterocycles. The van der Waals surface area contributed by atoms with E-state index in [4.69, 9.17) is 16.7 Å². The molecule has 0 radical (unpaired) electrons. The van der Waals surface area contributed by atoms with E-state index in [0.717, 1.165) is 5.01 Å². The summed E-state index contributed by atoms with van der Waals surface area (Å²) in [5.74, 6) is -0.730. The van der Waals surface area contributed by atoms with Crippen LogP contribution < -0.4 is 5.32 Å². The van der Waals surface area contributed by atoms with Gasteiger partial charge < -0.3 is 10.4 Å². The van der Waals surface area contributed by atoms with E-state index in [1.165, 1.54) is 23.6 Å². The van der Waals surface area contributed by atoms with Crippen molar-refractivity contribution in [3.63, 3.8) is 0 Å². The van der Waals surface area contributed by atoms with E-state index >= 15 is 0 Å². The Morgan fingerprint density at radius 3 is 2.89 bits per heavy atom. The smallest absolute Gasteiger partial charge is 0.337 e. The molecule has 0 aliphatic rings. The van der Waals surface area contributed by atoms with Crippen molar-refractivity contribution in [2.75, 3.05) is 5.32 Å². The molecule has 5 nitrogen and oxygen atoms in total. The van der Waals surface area contributed by atoms with E-state index in [2.05, 4.69) is 15.3 Å². The molecule has 0 amide bonds. The molecule has 18 heavy (non-hydrogen) atoms. The molecule has 94 valence electrons. The van der Waals surface area contributed by atoms with Gasteiger partial charge in [-0.3, -0.25) is 0 Å². The first kappa shape index (κ1) is 12.8. The lowest BCUT2D eigenvalue weighted by Crippen LogP contribution is -2.09. The molecule has 2 aromatic rings. The molecular formula is C11H10ClN3O2S. The van der Waals surface area contributed by atoms with Crippen LogP contribution in [0, 0.1) is 0 Å². The Bertz CT molecular complexity index is 559. The predicted molar refractivity (Wildman–Crippen MR) is 70.4 cm³/mol. The second-order valence-corrected chi connectivity index (χ2v) is 4.87. The molecule has 7 heteroatoms. The maximum Gasteiger partial charge on any atom is 0.337 e. The fourth-order valence-corrected chi connectivity index (χ4v) is 2.32. The minimum atomic E-state index is -1.08. The number of aromatic carboxylic acids is 1. The Balaban J connectivity index is 2.24. The van der Waals surface area contributed by atoms with Crippen molar-refractivity contribution in [2.24, 2.45) is 0 Å². The first-order valence-electron chi connectivity index (χ1n) is 5.13. The summed E-state index contributed by atoms with van der Waals surface area (Å²) < 4.78 is 0. The van der Waals surface area contributed by atoms with E-state index in [-0.39, 0.29) is 16.6 Å². The molecule has 0 saturated carbocycles. The van der Waals surface area contributed by atoms with Gasteiger partial charge in [-0.05, 0) is 13.0 Å². The quantitative estimate of drug-likeness (QED) is 0.902. The zero-order valence-corrected chi connectivity index (χ0v) is 11.0. The molecule has 0 aliphatic heterocycles. The van der Waals surface area contributed by atoms with Crippen molar-refractivity contribution in [3.8, 4) is 0 Å². The molecule has 2 N–H and O–H groups in total. The number of anilines is 1. The van der Waals surface area contributed by atoms with Crippen LogP contribution in [-0.4, -0.2) is 21.0 Å². The van der Waals surface area contributed by atoms with Crippen molar-refractivity contribution in [3.05, 3.63) is 39.4 Å². The van der Waals surface area contributed by atoms with Crippen molar-refractivity contribution >= 4 is 34.7 Å². The Labute approximate surface area is 112 Å². The minimum Gasteiger partial charge on any atom is -0.478 e. The number of halogens is 1. The number of pyridine rings is 1. The van der Waals surface area contributed by atoms with Gasteiger partial charge in [0, 0.05) is 17.8 Å². The zero-order valence-electron chi connectivity index (χ0n) is 9.42. The Kier molecular flexibility index (Phi) is 3.78. The summed E-state index contributed by atoms with van der Waals surface area (Å²) in [6.45, 7) is 1.91. The van der Waals surface area contributed by atoms with Gasteiger partial charge >= 0.3 is 5.97 Å². The number of hydrogen-bond acceptors (Lipinski definition) is 5. The van der Waals surface area contributed by atoms with Crippen molar-refractivity contribution in [2.45, 2.75) is 13.0 Å². The standard InChI is InChI=1S/C11H10ClN3O2S/c1-6(10-14-4-5-18-10)15-9-8(12)7(11(16)17)2-3-13-9/h2-6H,1H3,(H,13,15)(H,16,17). The Morgan fingerprint density at radius 1 is 1.50 bits per heavy atom. The lowest BCUT2D eigenvalue weighted by Gasteiger charge is -2.13. The molecule has 0 aliphatic carbocycles. The van der Waals surface area contributed by atoms with Gasteiger partial charge in [-0.15, -0.1) is 11.3 Å². The molecule has 0 fully saturated rings. The highest BCUT2D eigenvalue weighted by atomic mass is 35.5. The molecule has 0 spiro atoms. The highest BCUT2D eigenvalue weighted by Gasteiger charge is 2.16. The van der Waals surface area contributed by atoms with Crippen LogP contribution >= 0.6 is 22.9 Å². The summed E-state index contributed by atoms with van der Waals surface area (Å²) in [5, 5.41) is 14.9. The van der Waals surface area contributed by atoms with Gasteiger partial charge in [0.05, 0.1) is 16.6 Å². The summed E-state index contributed by atoms with van der Waals surface area (Å²) >= 11 is 7.49. The van der Waals surface area contributed by atoms with Crippen molar-refractivity contribution < 1.29 is 9.90 Å². The number of thiazole rings is 1. The largest absolute Gasteiger partial charge is 0.478 e. The number of carbonyl (C=O) groups is 1. The van der Waals surface area contributed by atoms with E-state index in [9.17, 15) is 4.79 Å². The first-order valence-corrected chi connectivity index (χ1v) is 6.39. The van der Waals surface area contributed by atoms with Crippen molar-refractivity contribution in [1.82, 2.24) is 9.97 Å². The second kappa shape index (κ2) is 5.32. The normalized spacial score (nSPS) is 12.1. The second-order valence-electron chi connectivity index (χ2n) is 3.56. The molecule has 2 heterocycles. The molecule has 1 atom stereocenters. The van der Waals surface area contributed by atoms with Crippen molar-refractivity contribution in [1.29, 1.82) is 0 Å². The van der Waals surface area contributed by atoms with E-state index in [1.54, 1.807) is 6.20 Å². The monoisotopic (exact) mass is 283 g/mol. The molecule has 0 aromatic carbocycles. The van der Waals surface area contributed by atoms with Gasteiger partial charge in [0.2, 0.25) is 0 Å². The van der Waals surface area contributed by atoms with Crippen LogP contribution in [0.4, 0.5) is 5.82 Å². The number of aromatic nitrogens is 2. The summed E-state index contributed by atoms with van der Waals surface area (Å²) in [5.41, 5.74) is 0.0282. The Morgan fingerprint density at radius 2 is 2.28 bits per heavy atom. The molecule has 2 rings (SSSR count). The highest BCUT2D eigenvalue weighted by molar-refractivity contribution is 7.09. The van der Waals surface area contributed by atoms with Crippen LogP contribution in [0.25, 0.3) is 0 Å². The third-order valence-electron chi connectivity index (χ3n) is 2.29. The molecule has 0 bridgehead atoms. The lowest BCUT2D eigenvalue weighted by atomic mass is 10.2. The Hall–Kier alpha value is -1.66. The van der Waals surface area contributed by atoms with Gasteiger partial charge in [0.1, 0.15) is 10.8 Å². The fraction of sp³-hybridized carbons (Fsp3) is 0.182. The van der Waals surface area contributed by atoms with Gasteiger partial charge in [-0.25, -0.2) is 14.8 Å². The van der Waals surface area contributed by atoms with Gasteiger partial charge in [0.15, 0.2) is 0 Å². The first-order chi connectivity index (χ1) is 8.59. The van der Waals surface area contributed by atoms with Crippen LogP contribution in [0.3, 0.4) is 0 Å². The molecule has 2 aromatic heterocycles. The van der Waals surface area contributed by atoms with Crippen LogP contribution in [0.2, 0.25) is 5.02 Å². The fourth-order valence-electron chi connectivity index (χ4n) is 1.42. The number of rotatable bonds is 4. The minimum absolute atomic E-state index is 0.0282. The third-order valence-corrected chi connectivity index (χ3v) is 3.64. The zero-order chi connectivity index (χ0) is 13.1. The average Bonchev–Trinajstić information content (AvgIpc) is 2.85. The summed E-state index contributed by atoms with van der Waals surface area (Å²) in [6.07, 6.45) is 3.12. The van der Waals surface area contributed by atoms with Crippen LogP contribution in [0.5, 0.6) is 0 Å².